The lowest BCUT2D eigenvalue weighted by atomic mass is 9.95. The van der Waals surface area contributed by atoms with Crippen LogP contribution in [0.15, 0.2) is 12.3 Å². The highest BCUT2D eigenvalue weighted by Crippen LogP contribution is 2.23. The molecule has 1 aliphatic rings. The van der Waals surface area contributed by atoms with Gasteiger partial charge in [0, 0.05) is 19.2 Å². The summed E-state index contributed by atoms with van der Waals surface area (Å²) in [6, 6.07) is 1.22. The fraction of sp³-hybridized carbons (Fsp3) is 0.583. The van der Waals surface area contributed by atoms with Crippen molar-refractivity contribution in [1.82, 2.24) is 9.88 Å². The number of alkyl halides is 1. The van der Waals surface area contributed by atoms with Gasteiger partial charge in [-0.15, -0.1) is 11.6 Å². The summed E-state index contributed by atoms with van der Waals surface area (Å²) in [4.78, 5) is 22.3. The third-order valence-electron chi connectivity index (χ3n) is 3.43. The second-order valence-corrected chi connectivity index (χ2v) is 5.39. The highest BCUT2D eigenvalue weighted by Gasteiger charge is 2.26. The number of hydrogen-bond donors (Lipinski definition) is 1. The molecule has 1 amide bonds. The van der Waals surface area contributed by atoms with E-state index in [1.807, 2.05) is 0 Å². The van der Waals surface area contributed by atoms with Crippen LogP contribution in [-0.4, -0.2) is 26.8 Å². The summed E-state index contributed by atoms with van der Waals surface area (Å²) in [5.41, 5.74) is 0.194. The average molecular weight is 286 g/mol. The Kier molecular flexibility index (Phi) is 4.09. The molecular weight excluding hydrogens is 270 g/mol. The summed E-state index contributed by atoms with van der Waals surface area (Å²) in [6.45, 7) is 0. The predicted molar refractivity (Wildman–Crippen MR) is 71.4 cm³/mol. The first-order valence-corrected chi connectivity index (χ1v) is 6.68. The number of halogens is 1. The smallest absolute Gasteiger partial charge is 0.287 e. The Hall–Kier alpha value is -1.56. The van der Waals surface area contributed by atoms with E-state index in [1.165, 1.54) is 16.8 Å². The van der Waals surface area contributed by atoms with Gasteiger partial charge >= 0.3 is 0 Å². The molecule has 1 N–H and O–H groups in total. The number of aromatic nitrogens is 1. The van der Waals surface area contributed by atoms with Gasteiger partial charge in [-0.2, -0.15) is 0 Å². The molecule has 0 saturated heterocycles. The van der Waals surface area contributed by atoms with Gasteiger partial charge in [-0.3, -0.25) is 14.9 Å². The Morgan fingerprint density at radius 2 is 2.21 bits per heavy atom. The number of nitrogens with one attached hydrogen (secondary N) is 1. The molecule has 0 aliphatic heterocycles. The molecule has 7 heteroatoms. The number of aryl methyl sites for hydroxylation is 1. The van der Waals surface area contributed by atoms with Crippen molar-refractivity contribution in [3.63, 3.8) is 0 Å². The van der Waals surface area contributed by atoms with Crippen molar-refractivity contribution in [3.05, 3.63) is 28.1 Å². The molecule has 2 atom stereocenters. The highest BCUT2D eigenvalue weighted by molar-refractivity contribution is 6.21. The molecule has 2 rings (SSSR count). The van der Waals surface area contributed by atoms with Crippen molar-refractivity contribution in [2.24, 2.45) is 7.05 Å². The minimum absolute atomic E-state index is 0.0585. The SMILES string of the molecule is Cn1cc([N+](=O)[O-])cc1C(=O)NC1CCCCC1Cl. The Bertz CT molecular complexity index is 500. The lowest BCUT2D eigenvalue weighted by Gasteiger charge is -2.27. The fourth-order valence-electron chi connectivity index (χ4n) is 2.36. The summed E-state index contributed by atoms with van der Waals surface area (Å²) < 4.78 is 1.46. The summed E-state index contributed by atoms with van der Waals surface area (Å²) in [5.74, 6) is -0.312. The maximum absolute atomic E-state index is 12.1. The molecule has 1 fully saturated rings. The Morgan fingerprint density at radius 1 is 1.53 bits per heavy atom. The Balaban J connectivity index is 2.09. The Labute approximate surface area is 115 Å². The van der Waals surface area contributed by atoms with Crippen molar-refractivity contribution in [2.45, 2.75) is 37.1 Å². The van der Waals surface area contributed by atoms with Crippen LogP contribution in [0.3, 0.4) is 0 Å². The molecule has 1 aromatic heterocycles. The molecule has 19 heavy (non-hydrogen) atoms. The number of rotatable bonds is 3. The van der Waals surface area contributed by atoms with Crippen molar-refractivity contribution in [3.8, 4) is 0 Å². The van der Waals surface area contributed by atoms with E-state index in [9.17, 15) is 14.9 Å². The largest absolute Gasteiger partial charge is 0.347 e. The van der Waals surface area contributed by atoms with E-state index in [0.29, 0.717) is 0 Å². The van der Waals surface area contributed by atoms with Crippen LogP contribution >= 0.6 is 11.6 Å². The van der Waals surface area contributed by atoms with Gasteiger partial charge in [0.1, 0.15) is 5.69 Å². The van der Waals surface area contributed by atoms with Crippen molar-refractivity contribution >= 4 is 23.2 Å². The second kappa shape index (κ2) is 5.61. The predicted octanol–water partition coefficient (Wildman–Crippen LogP) is 2.21. The van der Waals surface area contributed by atoms with Crippen LogP contribution in [0.5, 0.6) is 0 Å². The fourth-order valence-corrected chi connectivity index (χ4v) is 2.71. The van der Waals surface area contributed by atoms with Crippen molar-refractivity contribution in [2.75, 3.05) is 0 Å². The number of nitro groups is 1. The quantitative estimate of drug-likeness (QED) is 0.525. The highest BCUT2D eigenvalue weighted by atomic mass is 35.5. The molecule has 0 spiro atoms. The van der Waals surface area contributed by atoms with Crippen LogP contribution in [0.25, 0.3) is 0 Å². The minimum atomic E-state index is -0.512. The maximum atomic E-state index is 12.1. The van der Waals surface area contributed by atoms with Crippen molar-refractivity contribution < 1.29 is 9.72 Å². The molecule has 2 unspecified atom stereocenters. The van der Waals surface area contributed by atoms with E-state index in [-0.39, 0.29) is 28.7 Å². The Morgan fingerprint density at radius 3 is 2.79 bits per heavy atom. The number of amides is 1. The zero-order valence-corrected chi connectivity index (χ0v) is 11.4. The van der Waals surface area contributed by atoms with E-state index < -0.39 is 4.92 Å². The van der Waals surface area contributed by atoms with E-state index >= 15 is 0 Å². The van der Waals surface area contributed by atoms with Gasteiger partial charge in [-0.25, -0.2) is 0 Å². The van der Waals surface area contributed by atoms with E-state index in [2.05, 4.69) is 5.32 Å². The minimum Gasteiger partial charge on any atom is -0.347 e. The zero-order chi connectivity index (χ0) is 14.0. The number of carbonyl (C=O) groups is 1. The monoisotopic (exact) mass is 285 g/mol. The molecule has 1 aromatic rings. The van der Waals surface area contributed by atoms with Crippen molar-refractivity contribution in [1.29, 1.82) is 0 Å². The first-order valence-electron chi connectivity index (χ1n) is 6.24. The second-order valence-electron chi connectivity index (χ2n) is 4.83. The van der Waals surface area contributed by atoms with E-state index in [1.54, 1.807) is 7.05 Å². The topological polar surface area (TPSA) is 77.2 Å². The molecule has 1 heterocycles. The normalized spacial score (nSPS) is 23.1. The van der Waals surface area contributed by atoms with Gasteiger partial charge in [0.15, 0.2) is 0 Å². The molecule has 104 valence electrons. The summed E-state index contributed by atoms with van der Waals surface area (Å²) in [6.07, 6.45) is 5.19. The number of carbonyl (C=O) groups excluding carboxylic acids is 1. The number of nitrogens with zero attached hydrogens (tertiary/aromatic N) is 2. The first-order chi connectivity index (χ1) is 8.99. The van der Waals surface area contributed by atoms with Gasteiger partial charge in [0.05, 0.1) is 16.5 Å². The van der Waals surface area contributed by atoms with Gasteiger partial charge in [0.25, 0.3) is 11.6 Å². The van der Waals surface area contributed by atoms with Crippen LogP contribution in [0.2, 0.25) is 0 Å². The summed E-state index contributed by atoms with van der Waals surface area (Å²) in [7, 11) is 1.61. The lowest BCUT2D eigenvalue weighted by Crippen LogP contribution is -2.43. The molecular formula is C12H16ClN3O3. The first kappa shape index (κ1) is 13.9. The molecule has 0 aromatic carbocycles. The van der Waals surface area contributed by atoms with Gasteiger partial charge < -0.3 is 9.88 Å². The molecule has 6 nitrogen and oxygen atoms in total. The van der Waals surface area contributed by atoms with Crippen LogP contribution in [0.4, 0.5) is 5.69 Å². The van der Waals surface area contributed by atoms with Gasteiger partial charge in [-0.1, -0.05) is 12.8 Å². The lowest BCUT2D eigenvalue weighted by molar-refractivity contribution is -0.384. The maximum Gasteiger partial charge on any atom is 0.287 e. The summed E-state index contributed by atoms with van der Waals surface area (Å²) >= 11 is 6.18. The average Bonchev–Trinajstić information content (AvgIpc) is 2.74. The third kappa shape index (κ3) is 3.07. The van der Waals surface area contributed by atoms with Crippen LogP contribution in [0, 0.1) is 10.1 Å². The van der Waals surface area contributed by atoms with Crippen LogP contribution in [-0.2, 0) is 7.05 Å². The van der Waals surface area contributed by atoms with E-state index in [4.69, 9.17) is 11.6 Å². The number of hydrogen-bond acceptors (Lipinski definition) is 3. The third-order valence-corrected chi connectivity index (χ3v) is 3.95. The zero-order valence-electron chi connectivity index (χ0n) is 10.6. The van der Waals surface area contributed by atoms with Gasteiger partial charge in [-0.05, 0) is 12.8 Å². The molecule has 0 radical (unpaired) electrons. The van der Waals surface area contributed by atoms with Gasteiger partial charge in [0.2, 0.25) is 0 Å². The van der Waals surface area contributed by atoms with E-state index in [0.717, 1.165) is 25.7 Å². The molecule has 1 saturated carbocycles. The summed E-state index contributed by atoms with van der Waals surface area (Å²) in [5, 5.41) is 13.5. The van der Waals surface area contributed by atoms with Crippen LogP contribution < -0.4 is 5.32 Å². The molecule has 1 aliphatic carbocycles. The molecule has 0 bridgehead atoms. The standard InChI is InChI=1S/C12H16ClN3O3/c1-15-7-8(16(18)19)6-11(15)12(17)14-10-5-3-2-4-9(10)13/h6-7,9-10H,2-5H2,1H3,(H,14,17). The van der Waals surface area contributed by atoms with Crippen LogP contribution in [0.1, 0.15) is 36.2 Å².